The lowest BCUT2D eigenvalue weighted by Crippen LogP contribution is -2.21. The molecular weight excluding hydrogens is 358 g/mol. The van der Waals surface area contributed by atoms with Gasteiger partial charge in [0.25, 0.3) is 0 Å². The van der Waals surface area contributed by atoms with Gasteiger partial charge in [0.15, 0.2) is 5.88 Å². The number of nitrogens with one attached hydrogen (secondary N) is 1. The molecule has 1 N–H and O–H groups in total. The first kappa shape index (κ1) is 20.8. The van der Waals surface area contributed by atoms with Crippen molar-refractivity contribution >= 4 is 11.3 Å². The molecule has 0 saturated carbocycles. The van der Waals surface area contributed by atoms with Gasteiger partial charge in [-0.15, -0.1) is 0 Å². The Hall–Kier alpha value is -2.88. The van der Waals surface area contributed by atoms with Gasteiger partial charge in [-0.2, -0.15) is 10.2 Å². The lowest BCUT2D eigenvalue weighted by Gasteiger charge is -2.27. The minimum atomic E-state index is -0.124. The molecule has 2 aromatic carbocycles. The van der Waals surface area contributed by atoms with Crippen LogP contribution in [0.4, 0.5) is 0 Å². The number of nitrogens with zero attached hydrogens (tertiary/aromatic N) is 2. The molecule has 0 radical (unpaired) electrons. The van der Waals surface area contributed by atoms with Gasteiger partial charge in [0.05, 0.1) is 5.70 Å². The molecule has 3 rings (SSSR count). The molecule has 4 nitrogen and oxygen atoms in total. The third-order valence-electron chi connectivity index (χ3n) is 5.27. The monoisotopic (exact) mass is 389 g/mol. The smallest absolute Gasteiger partial charge is 0.179 e. The second-order valence-electron chi connectivity index (χ2n) is 7.86. The minimum absolute atomic E-state index is 0.124. The van der Waals surface area contributed by atoms with Gasteiger partial charge >= 0.3 is 0 Å². The van der Waals surface area contributed by atoms with Gasteiger partial charge in [0.2, 0.25) is 0 Å². The highest BCUT2D eigenvalue weighted by Gasteiger charge is 2.25. The predicted octanol–water partition coefficient (Wildman–Crippen LogP) is 6.38. The molecule has 4 heteroatoms. The van der Waals surface area contributed by atoms with Crippen LogP contribution in [0.3, 0.4) is 0 Å². The van der Waals surface area contributed by atoms with E-state index in [9.17, 15) is 0 Å². The second kappa shape index (κ2) is 9.55. The maximum atomic E-state index is 6.35. The van der Waals surface area contributed by atoms with E-state index in [2.05, 4.69) is 85.4 Å². The van der Waals surface area contributed by atoms with Crippen LogP contribution in [0.25, 0.3) is 11.3 Å². The molecule has 0 aliphatic heterocycles. The summed E-state index contributed by atoms with van der Waals surface area (Å²) in [6.07, 6.45) is 1.70. The predicted molar refractivity (Wildman–Crippen MR) is 120 cm³/mol. The topological polar surface area (TPSA) is 46.0 Å². The van der Waals surface area contributed by atoms with Gasteiger partial charge in [-0.05, 0) is 42.5 Å². The van der Waals surface area contributed by atoms with Crippen LogP contribution < -0.4 is 5.32 Å². The van der Waals surface area contributed by atoms with Gasteiger partial charge < -0.3 is 10.1 Å². The van der Waals surface area contributed by atoms with E-state index in [1.54, 1.807) is 7.05 Å². The highest BCUT2D eigenvalue weighted by Crippen LogP contribution is 2.39. The summed E-state index contributed by atoms with van der Waals surface area (Å²) in [5.41, 5.74) is 6.62. The summed E-state index contributed by atoms with van der Waals surface area (Å²) in [6, 6.07) is 16.8. The van der Waals surface area contributed by atoms with Gasteiger partial charge in [-0.25, -0.2) is 0 Å². The average molecular weight is 390 g/mol. The van der Waals surface area contributed by atoms with Crippen LogP contribution in [0.15, 0.2) is 71.2 Å². The van der Waals surface area contributed by atoms with Gasteiger partial charge in [0, 0.05) is 31.1 Å². The molecule has 1 aliphatic rings. The van der Waals surface area contributed by atoms with Crippen LogP contribution in [0, 0.1) is 5.92 Å². The fraction of sp³-hybridized carbons (Fsp3) is 0.360. The van der Waals surface area contributed by atoms with Gasteiger partial charge in [-0.3, -0.25) is 0 Å². The first-order valence-corrected chi connectivity index (χ1v) is 10.3. The van der Waals surface area contributed by atoms with Crippen molar-refractivity contribution in [1.29, 1.82) is 0 Å². The Balaban J connectivity index is 2.01. The highest BCUT2D eigenvalue weighted by molar-refractivity contribution is 5.91. The summed E-state index contributed by atoms with van der Waals surface area (Å²) < 4.78 is 6.35. The Labute approximate surface area is 174 Å². The molecule has 0 spiro atoms. The minimum Gasteiger partial charge on any atom is -0.471 e. The number of fused-ring (bicyclic) bond motifs is 2. The zero-order valence-corrected chi connectivity index (χ0v) is 17.9. The van der Waals surface area contributed by atoms with Crippen molar-refractivity contribution in [3.05, 3.63) is 83.2 Å². The van der Waals surface area contributed by atoms with Crippen molar-refractivity contribution in [2.45, 2.75) is 39.7 Å². The van der Waals surface area contributed by atoms with Crippen molar-refractivity contribution in [2.75, 3.05) is 13.6 Å². The van der Waals surface area contributed by atoms with Crippen molar-refractivity contribution < 1.29 is 4.74 Å². The molecule has 1 aliphatic carbocycles. The molecule has 0 bridgehead atoms. The fourth-order valence-corrected chi connectivity index (χ4v) is 3.74. The van der Waals surface area contributed by atoms with E-state index in [0.717, 1.165) is 47.3 Å². The number of hydrogen-bond donors (Lipinski definition) is 1. The van der Waals surface area contributed by atoms with Crippen LogP contribution in [-0.4, -0.2) is 13.6 Å². The van der Waals surface area contributed by atoms with Crippen molar-refractivity contribution in [3.8, 4) is 0 Å². The zero-order chi connectivity index (χ0) is 20.8. The number of benzene rings is 2. The van der Waals surface area contributed by atoms with Crippen molar-refractivity contribution in [2.24, 2.45) is 16.1 Å². The van der Waals surface area contributed by atoms with E-state index in [0.29, 0.717) is 11.8 Å². The van der Waals surface area contributed by atoms with Crippen LogP contribution in [0.1, 0.15) is 55.5 Å². The quantitative estimate of drug-likeness (QED) is 0.441. The Morgan fingerprint density at radius 2 is 1.83 bits per heavy atom. The molecule has 29 heavy (non-hydrogen) atoms. The standard InChI is InChI=1S/C25H31N3O/c1-17(2)14-15-27-19(4)29-24-16-20-10-6-7-12-22(20)25(28-26-5)18(3)21-11-8-9-13-23(21)24/h6-13,17,24,27H,4,14-16H2,1-3,5H3/b25-18+,28-26-. The number of ether oxygens (including phenoxy) is 1. The van der Waals surface area contributed by atoms with Crippen LogP contribution in [0.2, 0.25) is 0 Å². The third kappa shape index (κ3) is 4.94. The molecule has 0 aromatic heterocycles. The largest absolute Gasteiger partial charge is 0.471 e. The summed E-state index contributed by atoms with van der Waals surface area (Å²) in [4.78, 5) is 0. The first-order valence-electron chi connectivity index (χ1n) is 10.3. The molecule has 0 heterocycles. The number of rotatable bonds is 7. The fourth-order valence-electron chi connectivity index (χ4n) is 3.74. The van der Waals surface area contributed by atoms with Gasteiger partial charge in [0.1, 0.15) is 6.10 Å². The van der Waals surface area contributed by atoms with E-state index in [4.69, 9.17) is 4.74 Å². The number of allylic oxidation sites excluding steroid dienone is 1. The van der Waals surface area contributed by atoms with E-state index in [-0.39, 0.29) is 6.10 Å². The van der Waals surface area contributed by atoms with Crippen LogP contribution >= 0.6 is 0 Å². The molecule has 152 valence electrons. The van der Waals surface area contributed by atoms with Crippen molar-refractivity contribution in [3.63, 3.8) is 0 Å². The SMILES string of the molecule is C=C(NCCC(C)C)OC1Cc2ccccc2C(/N=N\C)=C(/C)c2ccccc21. The molecule has 2 aromatic rings. The number of hydrogen-bond acceptors (Lipinski definition) is 4. The Kier molecular flexibility index (Phi) is 6.86. The van der Waals surface area contributed by atoms with Crippen LogP contribution in [0.5, 0.6) is 0 Å². The lowest BCUT2D eigenvalue weighted by molar-refractivity contribution is 0.102. The lowest BCUT2D eigenvalue weighted by atomic mass is 9.86. The summed E-state index contributed by atoms with van der Waals surface area (Å²) in [7, 11) is 1.71. The molecule has 0 fully saturated rings. The molecule has 0 saturated heterocycles. The normalized spacial score (nSPS) is 18.7. The Morgan fingerprint density at radius 3 is 2.55 bits per heavy atom. The summed E-state index contributed by atoms with van der Waals surface area (Å²) in [6.45, 7) is 11.5. The van der Waals surface area contributed by atoms with E-state index >= 15 is 0 Å². The Morgan fingerprint density at radius 1 is 1.14 bits per heavy atom. The zero-order valence-electron chi connectivity index (χ0n) is 17.9. The molecule has 1 atom stereocenters. The summed E-state index contributed by atoms with van der Waals surface area (Å²) in [5, 5.41) is 11.9. The maximum absolute atomic E-state index is 6.35. The van der Waals surface area contributed by atoms with Crippen molar-refractivity contribution in [1.82, 2.24) is 5.32 Å². The van der Waals surface area contributed by atoms with Crippen LogP contribution in [-0.2, 0) is 11.2 Å². The molecule has 1 unspecified atom stereocenters. The summed E-state index contributed by atoms with van der Waals surface area (Å²) in [5.74, 6) is 1.27. The van der Waals surface area contributed by atoms with Gasteiger partial charge in [-0.1, -0.05) is 62.4 Å². The summed E-state index contributed by atoms with van der Waals surface area (Å²) >= 11 is 0. The van der Waals surface area contributed by atoms with E-state index in [1.807, 2.05) is 6.07 Å². The highest BCUT2D eigenvalue weighted by atomic mass is 16.5. The molecular formula is C25H31N3O. The maximum Gasteiger partial charge on any atom is 0.179 e. The number of azo groups is 1. The molecule has 0 amide bonds. The third-order valence-corrected chi connectivity index (χ3v) is 5.27. The van der Waals surface area contributed by atoms with E-state index in [1.165, 1.54) is 5.56 Å². The second-order valence-corrected chi connectivity index (χ2v) is 7.86. The Bertz CT molecular complexity index is 927. The van der Waals surface area contributed by atoms with E-state index < -0.39 is 0 Å². The first-order chi connectivity index (χ1) is 14.0. The average Bonchev–Trinajstić information content (AvgIpc) is 2.70.